The van der Waals surface area contributed by atoms with Crippen molar-refractivity contribution in [2.24, 2.45) is 0 Å². The Morgan fingerprint density at radius 2 is 2.13 bits per heavy atom. The third-order valence-electron chi connectivity index (χ3n) is 2.59. The summed E-state index contributed by atoms with van der Waals surface area (Å²) in [6.07, 6.45) is 3.26. The first kappa shape index (κ1) is 11.8. The van der Waals surface area contributed by atoms with Gasteiger partial charge in [0.15, 0.2) is 0 Å². The van der Waals surface area contributed by atoms with Crippen molar-refractivity contribution < 1.29 is 14.7 Å². The molecule has 0 aromatic heterocycles. The Labute approximate surface area is 89.4 Å². The van der Waals surface area contributed by atoms with Gasteiger partial charge in [0.25, 0.3) is 0 Å². The van der Waals surface area contributed by atoms with E-state index >= 15 is 0 Å². The minimum Gasteiger partial charge on any atom is -0.480 e. The van der Waals surface area contributed by atoms with Crippen molar-refractivity contribution >= 4 is 12.0 Å². The Morgan fingerprint density at radius 3 is 2.53 bits per heavy atom. The highest BCUT2D eigenvalue weighted by Crippen LogP contribution is 2.25. The van der Waals surface area contributed by atoms with Crippen molar-refractivity contribution in [2.45, 2.75) is 44.7 Å². The average molecular weight is 214 g/mol. The molecule has 1 rings (SSSR count). The van der Waals surface area contributed by atoms with Crippen LogP contribution in [0.25, 0.3) is 0 Å². The van der Waals surface area contributed by atoms with Crippen molar-refractivity contribution in [3.8, 4) is 0 Å². The predicted octanol–water partition coefficient (Wildman–Crippen LogP) is 1.04. The molecule has 2 N–H and O–H groups in total. The molecule has 86 valence electrons. The lowest BCUT2D eigenvalue weighted by molar-refractivity contribution is -0.139. The number of aliphatic carboxylic acids is 1. The fourth-order valence-corrected chi connectivity index (χ4v) is 1.42. The van der Waals surface area contributed by atoms with Crippen LogP contribution in [0.5, 0.6) is 0 Å². The molecule has 0 radical (unpaired) electrons. The van der Waals surface area contributed by atoms with Crippen LogP contribution >= 0.6 is 0 Å². The van der Waals surface area contributed by atoms with Crippen LogP contribution in [0.1, 0.15) is 32.6 Å². The SMILES string of the molecule is CCCC(NC(=O)N(C)C1CC1)C(=O)O. The molecule has 1 atom stereocenters. The third kappa shape index (κ3) is 3.42. The van der Waals surface area contributed by atoms with Gasteiger partial charge in [-0.2, -0.15) is 0 Å². The maximum absolute atomic E-state index is 11.6. The molecule has 5 heteroatoms. The van der Waals surface area contributed by atoms with Gasteiger partial charge in [-0.15, -0.1) is 0 Å². The zero-order chi connectivity index (χ0) is 11.4. The van der Waals surface area contributed by atoms with Gasteiger partial charge in [-0.05, 0) is 19.3 Å². The summed E-state index contributed by atoms with van der Waals surface area (Å²) in [4.78, 5) is 24.0. The maximum Gasteiger partial charge on any atom is 0.326 e. The lowest BCUT2D eigenvalue weighted by Gasteiger charge is -2.20. The second-order valence-corrected chi connectivity index (χ2v) is 3.97. The van der Waals surface area contributed by atoms with E-state index in [2.05, 4.69) is 5.32 Å². The number of hydrogen-bond acceptors (Lipinski definition) is 2. The number of rotatable bonds is 5. The molecule has 0 bridgehead atoms. The van der Waals surface area contributed by atoms with Gasteiger partial charge in [-0.3, -0.25) is 0 Å². The van der Waals surface area contributed by atoms with Gasteiger partial charge in [0, 0.05) is 13.1 Å². The molecule has 1 aliphatic carbocycles. The Balaban J connectivity index is 2.42. The van der Waals surface area contributed by atoms with E-state index in [1.807, 2.05) is 6.92 Å². The summed E-state index contributed by atoms with van der Waals surface area (Å²) in [5, 5.41) is 11.4. The standard InChI is InChI=1S/C10H18N2O3/c1-3-4-8(9(13)14)11-10(15)12(2)7-5-6-7/h7-8H,3-6H2,1-2H3,(H,11,15)(H,13,14). The van der Waals surface area contributed by atoms with Crippen molar-refractivity contribution in [1.82, 2.24) is 10.2 Å². The number of carbonyl (C=O) groups excluding carboxylic acids is 1. The zero-order valence-electron chi connectivity index (χ0n) is 9.19. The Bertz CT molecular complexity index is 251. The first-order chi connectivity index (χ1) is 7.06. The molecule has 1 aliphatic rings. The zero-order valence-corrected chi connectivity index (χ0v) is 9.19. The van der Waals surface area contributed by atoms with E-state index in [0.717, 1.165) is 19.3 Å². The lowest BCUT2D eigenvalue weighted by Crippen LogP contribution is -2.47. The minimum absolute atomic E-state index is 0.279. The molecule has 0 aromatic carbocycles. The van der Waals surface area contributed by atoms with Gasteiger partial charge in [0.05, 0.1) is 0 Å². The number of urea groups is 1. The van der Waals surface area contributed by atoms with Crippen LogP contribution < -0.4 is 5.32 Å². The molecular formula is C10H18N2O3. The molecule has 1 unspecified atom stereocenters. The molecule has 0 spiro atoms. The van der Waals surface area contributed by atoms with Gasteiger partial charge in [-0.1, -0.05) is 13.3 Å². The van der Waals surface area contributed by atoms with Crippen molar-refractivity contribution in [1.29, 1.82) is 0 Å². The molecule has 5 nitrogen and oxygen atoms in total. The van der Waals surface area contributed by atoms with Gasteiger partial charge >= 0.3 is 12.0 Å². The van der Waals surface area contributed by atoms with E-state index in [0.29, 0.717) is 12.5 Å². The summed E-state index contributed by atoms with van der Waals surface area (Å²) in [6.45, 7) is 1.90. The summed E-state index contributed by atoms with van der Waals surface area (Å²) in [7, 11) is 1.71. The quantitative estimate of drug-likeness (QED) is 0.718. The van der Waals surface area contributed by atoms with E-state index in [1.165, 1.54) is 0 Å². The average Bonchev–Trinajstić information content (AvgIpc) is 2.98. The molecule has 0 aliphatic heterocycles. The van der Waals surface area contributed by atoms with E-state index in [1.54, 1.807) is 11.9 Å². The molecule has 15 heavy (non-hydrogen) atoms. The molecule has 1 fully saturated rings. The molecule has 0 heterocycles. The van der Waals surface area contributed by atoms with Crippen LogP contribution in [-0.4, -0.2) is 41.1 Å². The van der Waals surface area contributed by atoms with Crippen LogP contribution in [0.3, 0.4) is 0 Å². The summed E-state index contributed by atoms with van der Waals surface area (Å²) in [6, 6.07) is -0.733. The topological polar surface area (TPSA) is 69.6 Å². The largest absolute Gasteiger partial charge is 0.480 e. The van der Waals surface area contributed by atoms with Gasteiger partial charge in [0.1, 0.15) is 6.04 Å². The van der Waals surface area contributed by atoms with Crippen LogP contribution in [-0.2, 0) is 4.79 Å². The smallest absolute Gasteiger partial charge is 0.326 e. The van der Waals surface area contributed by atoms with Crippen molar-refractivity contribution in [2.75, 3.05) is 7.05 Å². The fraction of sp³-hybridized carbons (Fsp3) is 0.800. The molecular weight excluding hydrogens is 196 g/mol. The van der Waals surface area contributed by atoms with E-state index in [4.69, 9.17) is 5.11 Å². The Kier molecular flexibility index (Phi) is 3.94. The minimum atomic E-state index is -0.964. The second-order valence-electron chi connectivity index (χ2n) is 3.97. The first-order valence-electron chi connectivity index (χ1n) is 5.32. The van der Waals surface area contributed by atoms with Gasteiger partial charge < -0.3 is 15.3 Å². The number of hydrogen-bond donors (Lipinski definition) is 2. The van der Waals surface area contributed by atoms with Gasteiger partial charge in [0.2, 0.25) is 0 Å². The van der Waals surface area contributed by atoms with E-state index < -0.39 is 12.0 Å². The third-order valence-corrected chi connectivity index (χ3v) is 2.59. The predicted molar refractivity (Wildman–Crippen MR) is 55.6 cm³/mol. The Hall–Kier alpha value is -1.26. The lowest BCUT2D eigenvalue weighted by atomic mass is 10.2. The fourth-order valence-electron chi connectivity index (χ4n) is 1.42. The number of nitrogens with zero attached hydrogens (tertiary/aromatic N) is 1. The van der Waals surface area contributed by atoms with E-state index in [9.17, 15) is 9.59 Å². The Morgan fingerprint density at radius 1 is 1.53 bits per heavy atom. The number of carbonyl (C=O) groups is 2. The van der Waals surface area contributed by atoms with Crippen LogP contribution in [0, 0.1) is 0 Å². The molecule has 1 saturated carbocycles. The highest BCUT2D eigenvalue weighted by molar-refractivity contribution is 5.82. The summed E-state index contributed by atoms with van der Waals surface area (Å²) in [5.41, 5.74) is 0. The van der Waals surface area contributed by atoms with Crippen LogP contribution in [0.4, 0.5) is 4.79 Å². The highest BCUT2D eigenvalue weighted by atomic mass is 16.4. The first-order valence-corrected chi connectivity index (χ1v) is 5.32. The summed E-state index contributed by atoms with van der Waals surface area (Å²) in [5.74, 6) is -0.964. The van der Waals surface area contributed by atoms with Gasteiger partial charge in [-0.25, -0.2) is 9.59 Å². The van der Waals surface area contributed by atoms with Crippen molar-refractivity contribution in [3.63, 3.8) is 0 Å². The van der Waals surface area contributed by atoms with Crippen LogP contribution in [0.15, 0.2) is 0 Å². The van der Waals surface area contributed by atoms with Crippen molar-refractivity contribution in [3.05, 3.63) is 0 Å². The normalized spacial score (nSPS) is 16.9. The number of carboxylic acid groups (broad SMARTS) is 1. The second kappa shape index (κ2) is 5.00. The van der Waals surface area contributed by atoms with Crippen LogP contribution in [0.2, 0.25) is 0 Å². The van der Waals surface area contributed by atoms with E-state index in [-0.39, 0.29) is 6.03 Å². The number of carboxylic acids is 1. The maximum atomic E-state index is 11.6. The summed E-state index contributed by atoms with van der Waals surface area (Å²) >= 11 is 0. The molecule has 0 aromatic rings. The summed E-state index contributed by atoms with van der Waals surface area (Å²) < 4.78 is 0. The molecule has 0 saturated heterocycles. The molecule has 2 amide bonds. The number of amides is 2. The highest BCUT2D eigenvalue weighted by Gasteiger charge is 2.31. The number of nitrogens with one attached hydrogen (secondary N) is 1. The monoisotopic (exact) mass is 214 g/mol.